The lowest BCUT2D eigenvalue weighted by atomic mass is 9.89. The average molecular weight is 750 g/mol. The van der Waals surface area contributed by atoms with Crippen molar-refractivity contribution in [2.24, 2.45) is 0 Å². The Kier molecular flexibility index (Phi) is 7.87. The predicted molar refractivity (Wildman–Crippen MR) is 238 cm³/mol. The van der Waals surface area contributed by atoms with Crippen molar-refractivity contribution in [3.8, 4) is 67.5 Å². The lowest BCUT2D eigenvalue weighted by molar-refractivity contribution is 1.08. The number of aromatic nitrogens is 3. The Morgan fingerprint density at radius 3 is 1.23 bits per heavy atom. The fourth-order valence-corrected chi connectivity index (χ4v) is 10.4. The van der Waals surface area contributed by atoms with Gasteiger partial charge in [0.25, 0.3) is 0 Å². The Balaban J connectivity index is 1.17. The lowest BCUT2D eigenvalue weighted by Crippen LogP contribution is -2.02. The molecule has 11 rings (SSSR count). The number of fused-ring (bicyclic) bond motifs is 6. The molecule has 0 fully saturated rings. The van der Waals surface area contributed by atoms with Crippen molar-refractivity contribution < 1.29 is 0 Å². The minimum atomic E-state index is 0.642. The molecule has 0 saturated heterocycles. The van der Waals surface area contributed by atoms with Gasteiger partial charge in [-0.15, -0.1) is 22.7 Å². The molecule has 0 radical (unpaired) electrons. The molecule has 0 aliphatic rings. The van der Waals surface area contributed by atoms with Gasteiger partial charge >= 0.3 is 0 Å². The molecule has 0 saturated carbocycles. The van der Waals surface area contributed by atoms with Crippen molar-refractivity contribution in [1.29, 1.82) is 0 Å². The molecular formula is C51H31N3S2. The molecule has 5 heteroatoms. The van der Waals surface area contributed by atoms with Crippen LogP contribution in [0.15, 0.2) is 188 Å². The Labute approximate surface area is 331 Å². The van der Waals surface area contributed by atoms with Crippen LogP contribution in [0.3, 0.4) is 0 Å². The fourth-order valence-electron chi connectivity index (χ4n) is 7.95. The van der Waals surface area contributed by atoms with Gasteiger partial charge in [0.15, 0.2) is 17.5 Å². The molecular weight excluding hydrogens is 719 g/mol. The molecule has 0 aliphatic carbocycles. The first-order valence-electron chi connectivity index (χ1n) is 18.7. The van der Waals surface area contributed by atoms with Crippen molar-refractivity contribution in [3.05, 3.63) is 188 Å². The molecule has 8 aromatic carbocycles. The van der Waals surface area contributed by atoms with E-state index in [2.05, 4.69) is 188 Å². The number of nitrogens with zero attached hydrogens (tertiary/aromatic N) is 3. The number of benzene rings is 8. The number of rotatable bonds is 6. The zero-order valence-electron chi connectivity index (χ0n) is 30.1. The first-order chi connectivity index (χ1) is 27.8. The molecule has 56 heavy (non-hydrogen) atoms. The average Bonchev–Trinajstić information content (AvgIpc) is 3.85. The first-order valence-corrected chi connectivity index (χ1v) is 20.3. The first kappa shape index (κ1) is 32.6. The SMILES string of the molecule is c1ccc(-c2ccc(-c3cccc(-c4nc(-c5cccc6c5sc5ccccc56)nc(-c5cccc6c5sc5ccccc56)n4)c3-c3ccccc3)cc2)cc1. The van der Waals surface area contributed by atoms with E-state index >= 15 is 0 Å². The van der Waals surface area contributed by atoms with Crippen LogP contribution in [0.25, 0.3) is 108 Å². The molecule has 0 spiro atoms. The van der Waals surface area contributed by atoms with Crippen LogP contribution in [0, 0.1) is 0 Å². The van der Waals surface area contributed by atoms with E-state index in [1.54, 1.807) is 22.7 Å². The van der Waals surface area contributed by atoms with Crippen LogP contribution < -0.4 is 0 Å². The zero-order chi connectivity index (χ0) is 37.0. The van der Waals surface area contributed by atoms with E-state index in [-0.39, 0.29) is 0 Å². The Hall–Kier alpha value is -6.79. The summed E-state index contributed by atoms with van der Waals surface area (Å²) in [7, 11) is 0. The van der Waals surface area contributed by atoms with Crippen LogP contribution in [-0.4, -0.2) is 15.0 Å². The maximum atomic E-state index is 5.41. The monoisotopic (exact) mass is 749 g/mol. The van der Waals surface area contributed by atoms with Gasteiger partial charge in [-0.2, -0.15) is 0 Å². The van der Waals surface area contributed by atoms with Crippen molar-refractivity contribution in [1.82, 2.24) is 15.0 Å². The summed E-state index contributed by atoms with van der Waals surface area (Å²) < 4.78 is 4.84. The molecule has 0 unspecified atom stereocenters. The van der Waals surface area contributed by atoms with E-state index in [1.807, 2.05) is 0 Å². The molecule has 0 bridgehead atoms. The molecule has 3 aromatic heterocycles. The van der Waals surface area contributed by atoms with E-state index < -0.39 is 0 Å². The Morgan fingerprint density at radius 2 is 0.661 bits per heavy atom. The number of thiophene rings is 2. The highest BCUT2D eigenvalue weighted by Gasteiger charge is 2.22. The van der Waals surface area contributed by atoms with E-state index in [0.29, 0.717) is 17.5 Å². The van der Waals surface area contributed by atoms with Crippen LogP contribution in [0.5, 0.6) is 0 Å². The maximum Gasteiger partial charge on any atom is 0.165 e. The quantitative estimate of drug-likeness (QED) is 0.170. The summed E-state index contributed by atoms with van der Waals surface area (Å²) in [6.07, 6.45) is 0. The molecule has 3 heterocycles. The molecule has 11 aromatic rings. The van der Waals surface area contributed by atoms with Crippen molar-refractivity contribution >= 4 is 63.0 Å². The van der Waals surface area contributed by atoms with Gasteiger partial charge in [0.1, 0.15) is 0 Å². The lowest BCUT2D eigenvalue weighted by Gasteiger charge is -2.17. The number of hydrogen-bond acceptors (Lipinski definition) is 5. The van der Waals surface area contributed by atoms with E-state index in [4.69, 9.17) is 15.0 Å². The molecule has 0 atom stereocenters. The normalized spacial score (nSPS) is 11.6. The molecule has 262 valence electrons. The minimum absolute atomic E-state index is 0.642. The smallest absolute Gasteiger partial charge is 0.165 e. The van der Waals surface area contributed by atoms with Gasteiger partial charge in [-0.05, 0) is 52.1 Å². The van der Waals surface area contributed by atoms with Crippen molar-refractivity contribution in [3.63, 3.8) is 0 Å². The zero-order valence-corrected chi connectivity index (χ0v) is 31.7. The van der Waals surface area contributed by atoms with Gasteiger partial charge in [0.2, 0.25) is 0 Å². The van der Waals surface area contributed by atoms with Crippen LogP contribution in [-0.2, 0) is 0 Å². The fraction of sp³-hybridized carbons (Fsp3) is 0. The van der Waals surface area contributed by atoms with Gasteiger partial charge in [-0.1, -0.05) is 164 Å². The topological polar surface area (TPSA) is 38.7 Å². The van der Waals surface area contributed by atoms with Gasteiger partial charge in [0, 0.05) is 62.6 Å². The summed E-state index contributed by atoms with van der Waals surface area (Å²) in [6, 6.07) is 66.7. The number of hydrogen-bond donors (Lipinski definition) is 0. The summed E-state index contributed by atoms with van der Waals surface area (Å²) in [6.45, 7) is 0. The highest BCUT2D eigenvalue weighted by atomic mass is 32.1. The predicted octanol–water partition coefficient (Wildman–Crippen LogP) is 14.6. The minimum Gasteiger partial charge on any atom is -0.208 e. The standard InChI is InChI=1S/C51H31N3S2/c1-3-14-32(15-4-1)33-28-30-34(31-29-33)36-20-11-23-41(46(36)35-16-5-2-6-17-35)49-52-50(42-24-12-21-39-37-18-7-9-26-44(37)55-47(39)42)54-51(53-49)43-25-13-22-40-38-19-8-10-27-45(38)56-48(40)43/h1-31H. The second-order valence-electron chi connectivity index (χ2n) is 13.9. The van der Waals surface area contributed by atoms with Gasteiger partial charge < -0.3 is 0 Å². The third kappa shape index (κ3) is 5.51. The third-order valence-electron chi connectivity index (χ3n) is 10.6. The third-order valence-corrected chi connectivity index (χ3v) is 13.0. The van der Waals surface area contributed by atoms with Crippen LogP contribution >= 0.6 is 22.7 Å². The second kappa shape index (κ2) is 13.5. The van der Waals surface area contributed by atoms with Crippen LogP contribution in [0.1, 0.15) is 0 Å². The maximum absolute atomic E-state index is 5.41. The largest absolute Gasteiger partial charge is 0.208 e. The summed E-state index contributed by atoms with van der Waals surface area (Å²) >= 11 is 3.59. The highest BCUT2D eigenvalue weighted by Crippen LogP contribution is 2.44. The second-order valence-corrected chi connectivity index (χ2v) is 16.0. The summed E-state index contributed by atoms with van der Waals surface area (Å²) in [4.78, 5) is 16.2. The summed E-state index contributed by atoms with van der Waals surface area (Å²) in [5, 5.41) is 4.92. The van der Waals surface area contributed by atoms with E-state index in [9.17, 15) is 0 Å². The highest BCUT2D eigenvalue weighted by molar-refractivity contribution is 7.26. The van der Waals surface area contributed by atoms with E-state index in [1.165, 1.54) is 51.5 Å². The van der Waals surface area contributed by atoms with E-state index in [0.717, 1.165) is 38.9 Å². The van der Waals surface area contributed by atoms with Crippen molar-refractivity contribution in [2.75, 3.05) is 0 Å². The molecule has 0 N–H and O–H groups in total. The summed E-state index contributed by atoms with van der Waals surface area (Å²) in [5.41, 5.74) is 9.79. The van der Waals surface area contributed by atoms with Gasteiger partial charge in [-0.3, -0.25) is 0 Å². The molecule has 3 nitrogen and oxygen atoms in total. The van der Waals surface area contributed by atoms with Gasteiger partial charge in [-0.25, -0.2) is 15.0 Å². The van der Waals surface area contributed by atoms with Gasteiger partial charge in [0.05, 0.1) is 0 Å². The summed E-state index contributed by atoms with van der Waals surface area (Å²) in [5.74, 6) is 1.97. The molecule has 0 amide bonds. The van der Waals surface area contributed by atoms with Crippen molar-refractivity contribution in [2.45, 2.75) is 0 Å². The molecule has 0 aliphatic heterocycles. The van der Waals surface area contributed by atoms with Crippen LogP contribution in [0.4, 0.5) is 0 Å². The Morgan fingerprint density at radius 1 is 0.268 bits per heavy atom. The van der Waals surface area contributed by atoms with Crippen LogP contribution in [0.2, 0.25) is 0 Å². The Bertz CT molecular complexity index is 3110.